The van der Waals surface area contributed by atoms with Crippen LogP contribution in [-0.4, -0.2) is 50.0 Å². The van der Waals surface area contributed by atoms with Gasteiger partial charge in [-0.3, -0.25) is 13.9 Å². The van der Waals surface area contributed by atoms with E-state index in [9.17, 15) is 18.0 Å². The Kier molecular flexibility index (Phi) is 10.3. The maximum atomic E-state index is 14.1. The Morgan fingerprint density at radius 1 is 0.872 bits per heavy atom. The number of carbonyl (C=O) groups is 2. The van der Waals surface area contributed by atoms with Crippen molar-refractivity contribution in [2.75, 3.05) is 17.1 Å². The normalized spacial score (nSPS) is 12.8. The number of hydrogen-bond donors (Lipinski definition) is 1. The van der Waals surface area contributed by atoms with E-state index in [0.717, 1.165) is 39.2 Å². The summed E-state index contributed by atoms with van der Waals surface area (Å²) in [5.74, 6) is -0.718. The lowest BCUT2D eigenvalue weighted by molar-refractivity contribution is -0.140. The molecule has 2 atom stereocenters. The number of amides is 2. The molecule has 0 heterocycles. The van der Waals surface area contributed by atoms with Crippen molar-refractivity contribution in [1.29, 1.82) is 0 Å². The SMILES string of the molecule is CC[C@H](C)NC(=O)[C@@H](Cc1ccccc1)N(Cc1ccccc1C)C(=O)CN(c1ccccc1C)S(C)(=O)=O. The molecule has 3 aromatic rings. The van der Waals surface area contributed by atoms with Crippen molar-refractivity contribution in [2.45, 2.75) is 59.2 Å². The van der Waals surface area contributed by atoms with Crippen LogP contribution < -0.4 is 9.62 Å². The lowest BCUT2D eigenvalue weighted by Crippen LogP contribution is -2.54. The molecule has 7 nitrogen and oxygen atoms in total. The summed E-state index contributed by atoms with van der Waals surface area (Å²) >= 11 is 0. The van der Waals surface area contributed by atoms with Crippen LogP contribution in [0.3, 0.4) is 0 Å². The number of hydrogen-bond acceptors (Lipinski definition) is 4. The lowest BCUT2D eigenvalue weighted by atomic mass is 10.0. The molecule has 0 unspecified atom stereocenters. The summed E-state index contributed by atoms with van der Waals surface area (Å²) in [6, 6.07) is 23.4. The van der Waals surface area contributed by atoms with Gasteiger partial charge in [-0.05, 0) is 55.5 Å². The summed E-state index contributed by atoms with van der Waals surface area (Å²) in [5.41, 5.74) is 3.95. The Morgan fingerprint density at radius 2 is 1.46 bits per heavy atom. The van der Waals surface area contributed by atoms with Gasteiger partial charge in [0.25, 0.3) is 0 Å². The highest BCUT2D eigenvalue weighted by Crippen LogP contribution is 2.24. The molecule has 2 amide bonds. The molecule has 0 aliphatic heterocycles. The molecule has 0 radical (unpaired) electrons. The molecule has 0 saturated heterocycles. The minimum Gasteiger partial charge on any atom is -0.352 e. The summed E-state index contributed by atoms with van der Waals surface area (Å²) in [5, 5.41) is 3.05. The van der Waals surface area contributed by atoms with Gasteiger partial charge in [0, 0.05) is 19.0 Å². The van der Waals surface area contributed by atoms with Gasteiger partial charge in [0.2, 0.25) is 21.8 Å². The molecule has 0 aromatic heterocycles. The highest BCUT2D eigenvalue weighted by atomic mass is 32.2. The molecule has 0 spiro atoms. The van der Waals surface area contributed by atoms with E-state index < -0.39 is 28.5 Å². The van der Waals surface area contributed by atoms with Crippen LogP contribution in [-0.2, 0) is 32.6 Å². The monoisotopic (exact) mass is 549 g/mol. The number of benzene rings is 3. The van der Waals surface area contributed by atoms with E-state index in [1.54, 1.807) is 25.1 Å². The first-order chi connectivity index (χ1) is 18.5. The van der Waals surface area contributed by atoms with Crippen molar-refractivity contribution >= 4 is 27.5 Å². The van der Waals surface area contributed by atoms with E-state index in [4.69, 9.17) is 0 Å². The summed E-state index contributed by atoms with van der Waals surface area (Å²) in [6.07, 6.45) is 2.13. The topological polar surface area (TPSA) is 86.8 Å². The van der Waals surface area contributed by atoms with Crippen LogP contribution >= 0.6 is 0 Å². The Morgan fingerprint density at radius 3 is 2.05 bits per heavy atom. The fourth-order valence-electron chi connectivity index (χ4n) is 4.40. The molecule has 39 heavy (non-hydrogen) atoms. The van der Waals surface area contributed by atoms with Crippen molar-refractivity contribution in [2.24, 2.45) is 0 Å². The fraction of sp³-hybridized carbons (Fsp3) is 0.355. The Labute approximate surface area is 232 Å². The van der Waals surface area contributed by atoms with Gasteiger partial charge in [0.1, 0.15) is 12.6 Å². The first kappa shape index (κ1) is 29.9. The number of sulfonamides is 1. The van der Waals surface area contributed by atoms with Gasteiger partial charge in [-0.1, -0.05) is 79.7 Å². The number of para-hydroxylation sites is 1. The van der Waals surface area contributed by atoms with Crippen LogP contribution in [0.4, 0.5) is 5.69 Å². The zero-order chi connectivity index (χ0) is 28.6. The Bertz CT molecular complexity index is 1380. The van der Waals surface area contributed by atoms with Gasteiger partial charge in [-0.25, -0.2) is 8.42 Å². The summed E-state index contributed by atoms with van der Waals surface area (Å²) in [4.78, 5) is 29.4. The van der Waals surface area contributed by atoms with Crippen LogP contribution in [0.15, 0.2) is 78.9 Å². The molecule has 3 rings (SSSR count). The largest absolute Gasteiger partial charge is 0.352 e. The van der Waals surface area contributed by atoms with E-state index >= 15 is 0 Å². The van der Waals surface area contributed by atoms with E-state index in [1.165, 1.54) is 4.90 Å². The zero-order valence-electron chi connectivity index (χ0n) is 23.4. The molecule has 1 N–H and O–H groups in total. The number of nitrogens with zero attached hydrogens (tertiary/aromatic N) is 2. The summed E-state index contributed by atoms with van der Waals surface area (Å²) in [6.45, 7) is 7.42. The molecule has 208 valence electrons. The zero-order valence-corrected chi connectivity index (χ0v) is 24.2. The van der Waals surface area contributed by atoms with Gasteiger partial charge in [-0.15, -0.1) is 0 Å². The third-order valence-electron chi connectivity index (χ3n) is 6.94. The number of rotatable bonds is 12. The molecule has 0 saturated carbocycles. The smallest absolute Gasteiger partial charge is 0.244 e. The van der Waals surface area contributed by atoms with Crippen molar-refractivity contribution in [3.63, 3.8) is 0 Å². The maximum absolute atomic E-state index is 14.1. The average Bonchev–Trinajstić information content (AvgIpc) is 2.90. The third kappa shape index (κ3) is 8.17. The van der Waals surface area contributed by atoms with Crippen LogP contribution in [0.2, 0.25) is 0 Å². The highest BCUT2D eigenvalue weighted by molar-refractivity contribution is 7.92. The molecular weight excluding hydrogens is 510 g/mol. The van der Waals surface area contributed by atoms with E-state index in [1.807, 2.05) is 81.4 Å². The average molecular weight is 550 g/mol. The quantitative estimate of drug-likeness (QED) is 0.357. The van der Waals surface area contributed by atoms with Crippen molar-refractivity contribution < 1.29 is 18.0 Å². The van der Waals surface area contributed by atoms with E-state index in [2.05, 4.69) is 5.32 Å². The molecule has 0 aliphatic rings. The van der Waals surface area contributed by atoms with Crippen molar-refractivity contribution in [1.82, 2.24) is 10.2 Å². The first-order valence-corrected chi connectivity index (χ1v) is 15.1. The van der Waals surface area contributed by atoms with Gasteiger partial charge in [0.15, 0.2) is 0 Å². The predicted octanol–water partition coefficient (Wildman–Crippen LogP) is 4.62. The molecular formula is C31H39N3O4S. The second kappa shape index (κ2) is 13.4. The van der Waals surface area contributed by atoms with Crippen LogP contribution in [0.5, 0.6) is 0 Å². The third-order valence-corrected chi connectivity index (χ3v) is 8.06. The number of nitrogens with one attached hydrogen (secondary N) is 1. The minimum atomic E-state index is -3.79. The van der Waals surface area contributed by atoms with Crippen molar-refractivity contribution in [3.8, 4) is 0 Å². The van der Waals surface area contributed by atoms with Gasteiger partial charge in [0.05, 0.1) is 11.9 Å². The van der Waals surface area contributed by atoms with Gasteiger partial charge in [-0.2, -0.15) is 0 Å². The molecule has 3 aromatic carbocycles. The highest BCUT2D eigenvalue weighted by Gasteiger charge is 2.33. The van der Waals surface area contributed by atoms with Crippen molar-refractivity contribution in [3.05, 3.63) is 101 Å². The molecule has 0 aliphatic carbocycles. The summed E-state index contributed by atoms with van der Waals surface area (Å²) in [7, 11) is -3.79. The number of aryl methyl sites for hydroxylation is 2. The van der Waals surface area contributed by atoms with E-state index in [-0.39, 0.29) is 18.5 Å². The van der Waals surface area contributed by atoms with Crippen LogP contribution in [0.1, 0.15) is 42.5 Å². The van der Waals surface area contributed by atoms with Crippen LogP contribution in [0.25, 0.3) is 0 Å². The molecule has 8 heteroatoms. The second-order valence-electron chi connectivity index (χ2n) is 10.0. The predicted molar refractivity (Wildman–Crippen MR) is 157 cm³/mol. The Balaban J connectivity index is 2.08. The fourth-order valence-corrected chi connectivity index (χ4v) is 5.31. The maximum Gasteiger partial charge on any atom is 0.244 e. The number of anilines is 1. The molecule has 0 fully saturated rings. The van der Waals surface area contributed by atoms with E-state index in [0.29, 0.717) is 12.1 Å². The second-order valence-corrected chi connectivity index (χ2v) is 11.9. The van der Waals surface area contributed by atoms with Crippen LogP contribution in [0, 0.1) is 13.8 Å². The number of carbonyl (C=O) groups excluding carboxylic acids is 2. The summed E-state index contributed by atoms with van der Waals surface area (Å²) < 4.78 is 26.9. The van der Waals surface area contributed by atoms with Gasteiger partial charge < -0.3 is 10.2 Å². The lowest BCUT2D eigenvalue weighted by Gasteiger charge is -2.34. The Hall–Kier alpha value is -3.65. The standard InChI is InChI=1S/C31H39N3O4S/c1-6-25(4)32-31(36)29(20-26-16-8-7-9-17-26)33(21-27-18-12-10-14-23(27)2)30(35)22-34(39(5,37)38)28-19-13-11-15-24(28)3/h7-19,25,29H,6,20-22H2,1-5H3,(H,32,36)/t25-,29+/m0/s1. The minimum absolute atomic E-state index is 0.0781. The van der Waals surface area contributed by atoms with Gasteiger partial charge >= 0.3 is 0 Å². The molecule has 0 bridgehead atoms. The first-order valence-electron chi connectivity index (χ1n) is 13.2.